The highest BCUT2D eigenvalue weighted by Gasteiger charge is 2.17. The molecule has 2 rings (SSSR count). The molecule has 2 aromatic rings. The van der Waals surface area contributed by atoms with E-state index in [1.54, 1.807) is 30.5 Å². The van der Waals surface area contributed by atoms with Gasteiger partial charge in [-0.1, -0.05) is 23.7 Å². The van der Waals surface area contributed by atoms with Gasteiger partial charge >= 0.3 is 0 Å². The molecule has 0 bridgehead atoms. The molecule has 0 aliphatic rings. The van der Waals surface area contributed by atoms with E-state index < -0.39 is 11.9 Å². The number of hydrogen-bond acceptors (Lipinski definition) is 3. The van der Waals surface area contributed by atoms with E-state index >= 15 is 0 Å². The van der Waals surface area contributed by atoms with Crippen LogP contribution in [-0.2, 0) is 0 Å². The number of rotatable bonds is 3. The van der Waals surface area contributed by atoms with Gasteiger partial charge in [0.2, 0.25) is 0 Å². The second-order valence-electron chi connectivity index (χ2n) is 3.52. The molecular formula is C12H11ClFN3. The zero-order valence-corrected chi connectivity index (χ0v) is 9.66. The number of halogens is 2. The molecule has 0 fully saturated rings. The third-order valence-electron chi connectivity index (χ3n) is 2.42. The maximum atomic E-state index is 13.8. The van der Waals surface area contributed by atoms with Crippen molar-refractivity contribution in [3.8, 4) is 0 Å². The van der Waals surface area contributed by atoms with Crippen molar-refractivity contribution >= 4 is 11.6 Å². The highest BCUT2D eigenvalue weighted by molar-refractivity contribution is 6.30. The maximum Gasteiger partial charge on any atom is 0.129 e. The summed E-state index contributed by atoms with van der Waals surface area (Å²) in [4.78, 5) is 4.15. The fraction of sp³-hybridized carbons (Fsp3) is 0.0833. The molecule has 1 atom stereocenters. The van der Waals surface area contributed by atoms with Crippen LogP contribution in [-0.4, -0.2) is 4.98 Å². The fourth-order valence-electron chi connectivity index (χ4n) is 1.62. The second kappa shape index (κ2) is 5.23. The first kappa shape index (κ1) is 12.0. The molecule has 0 aliphatic heterocycles. The average Bonchev–Trinajstić information content (AvgIpc) is 2.34. The highest BCUT2D eigenvalue weighted by atomic mass is 35.5. The summed E-state index contributed by atoms with van der Waals surface area (Å²) in [6.45, 7) is 0. The second-order valence-corrected chi connectivity index (χ2v) is 3.96. The molecule has 1 aromatic carbocycles. The van der Waals surface area contributed by atoms with Crippen LogP contribution in [0.25, 0.3) is 0 Å². The Hall–Kier alpha value is -1.49. The Morgan fingerprint density at radius 3 is 2.71 bits per heavy atom. The Morgan fingerprint density at radius 1 is 1.29 bits per heavy atom. The van der Waals surface area contributed by atoms with Gasteiger partial charge in [-0.3, -0.25) is 10.8 Å². The van der Waals surface area contributed by atoms with Gasteiger partial charge in [-0.15, -0.1) is 0 Å². The Kier molecular flexibility index (Phi) is 3.68. The molecule has 1 heterocycles. The van der Waals surface area contributed by atoms with Crippen molar-refractivity contribution in [2.75, 3.05) is 0 Å². The van der Waals surface area contributed by atoms with E-state index in [0.29, 0.717) is 16.3 Å². The van der Waals surface area contributed by atoms with Crippen LogP contribution in [0.4, 0.5) is 4.39 Å². The van der Waals surface area contributed by atoms with Crippen molar-refractivity contribution in [3.05, 3.63) is 64.7 Å². The monoisotopic (exact) mass is 251 g/mol. The predicted molar refractivity (Wildman–Crippen MR) is 64.8 cm³/mol. The molecule has 0 amide bonds. The molecule has 5 heteroatoms. The van der Waals surface area contributed by atoms with Gasteiger partial charge in [-0.25, -0.2) is 9.82 Å². The van der Waals surface area contributed by atoms with Gasteiger partial charge in [-0.2, -0.15) is 0 Å². The van der Waals surface area contributed by atoms with E-state index in [4.69, 9.17) is 17.4 Å². The topological polar surface area (TPSA) is 50.9 Å². The largest absolute Gasteiger partial charge is 0.271 e. The summed E-state index contributed by atoms with van der Waals surface area (Å²) in [5, 5.41) is 0.350. The van der Waals surface area contributed by atoms with Crippen molar-refractivity contribution in [1.29, 1.82) is 0 Å². The lowest BCUT2D eigenvalue weighted by Gasteiger charge is -2.16. The first-order valence-corrected chi connectivity index (χ1v) is 5.42. The van der Waals surface area contributed by atoms with Crippen molar-refractivity contribution < 1.29 is 4.39 Å². The zero-order valence-electron chi connectivity index (χ0n) is 8.90. The van der Waals surface area contributed by atoms with Gasteiger partial charge in [0.05, 0.1) is 11.7 Å². The number of hydrazine groups is 1. The summed E-state index contributed by atoms with van der Waals surface area (Å²) in [7, 11) is 0. The summed E-state index contributed by atoms with van der Waals surface area (Å²) in [5.74, 6) is 5.04. The molecule has 0 saturated carbocycles. The van der Waals surface area contributed by atoms with E-state index in [1.165, 1.54) is 6.07 Å². The smallest absolute Gasteiger partial charge is 0.129 e. The van der Waals surface area contributed by atoms with Gasteiger partial charge in [0.25, 0.3) is 0 Å². The van der Waals surface area contributed by atoms with Crippen molar-refractivity contribution in [2.24, 2.45) is 5.84 Å². The Balaban J connectivity index is 2.42. The molecule has 17 heavy (non-hydrogen) atoms. The summed E-state index contributed by atoms with van der Waals surface area (Å²) in [6, 6.07) is 9.36. The van der Waals surface area contributed by atoms with Gasteiger partial charge in [-0.05, 0) is 24.3 Å². The molecule has 88 valence electrons. The molecule has 1 unspecified atom stereocenters. The third kappa shape index (κ3) is 2.61. The van der Waals surface area contributed by atoms with Crippen LogP contribution in [0.3, 0.4) is 0 Å². The minimum Gasteiger partial charge on any atom is -0.271 e. The average molecular weight is 252 g/mol. The summed E-state index contributed by atoms with van der Waals surface area (Å²) < 4.78 is 13.8. The van der Waals surface area contributed by atoms with Gasteiger partial charge in [0.1, 0.15) is 5.82 Å². The molecule has 3 nitrogen and oxygen atoms in total. The first-order valence-electron chi connectivity index (χ1n) is 5.04. The minimum absolute atomic E-state index is 0.350. The Bertz CT molecular complexity index is 504. The van der Waals surface area contributed by atoms with E-state index in [9.17, 15) is 4.39 Å². The maximum absolute atomic E-state index is 13.8. The van der Waals surface area contributed by atoms with Crippen LogP contribution < -0.4 is 11.3 Å². The molecule has 0 spiro atoms. The minimum atomic E-state index is -0.492. The summed E-state index contributed by atoms with van der Waals surface area (Å²) >= 11 is 5.70. The molecular weight excluding hydrogens is 241 g/mol. The fourth-order valence-corrected chi connectivity index (χ4v) is 1.78. The molecule has 1 aromatic heterocycles. The van der Waals surface area contributed by atoms with Crippen molar-refractivity contribution in [1.82, 2.24) is 10.4 Å². The van der Waals surface area contributed by atoms with Crippen molar-refractivity contribution in [2.45, 2.75) is 6.04 Å². The molecule has 3 N–H and O–H groups in total. The number of nitrogens with zero attached hydrogens (tertiary/aromatic N) is 1. The first-order chi connectivity index (χ1) is 8.22. The summed E-state index contributed by atoms with van der Waals surface area (Å²) in [6.07, 6.45) is 1.63. The number of aromatic nitrogens is 1. The van der Waals surface area contributed by atoms with Crippen LogP contribution in [0, 0.1) is 5.82 Å². The lowest BCUT2D eigenvalue weighted by atomic mass is 10.0. The molecule has 0 saturated heterocycles. The zero-order chi connectivity index (χ0) is 12.3. The van der Waals surface area contributed by atoms with Crippen molar-refractivity contribution in [3.63, 3.8) is 0 Å². The van der Waals surface area contributed by atoms with E-state index in [-0.39, 0.29) is 0 Å². The normalized spacial score (nSPS) is 12.4. The van der Waals surface area contributed by atoms with Crippen LogP contribution in [0.15, 0.2) is 42.6 Å². The predicted octanol–water partition coefficient (Wildman–Crippen LogP) is 2.43. The molecule has 0 aliphatic carbocycles. The van der Waals surface area contributed by atoms with Crippen LogP contribution in [0.2, 0.25) is 5.02 Å². The number of pyridine rings is 1. The van der Waals surface area contributed by atoms with E-state index in [0.717, 1.165) is 0 Å². The highest BCUT2D eigenvalue weighted by Crippen LogP contribution is 2.24. The van der Waals surface area contributed by atoms with Gasteiger partial charge in [0, 0.05) is 16.8 Å². The Morgan fingerprint density at radius 2 is 2.12 bits per heavy atom. The number of nitrogens with one attached hydrogen (secondary N) is 1. The SMILES string of the molecule is NNC(c1ccccn1)c1ccc(Cl)cc1F. The number of benzene rings is 1. The van der Waals surface area contributed by atoms with Crippen LogP contribution in [0.1, 0.15) is 17.3 Å². The Labute approximate surface area is 103 Å². The van der Waals surface area contributed by atoms with Gasteiger partial charge < -0.3 is 0 Å². The van der Waals surface area contributed by atoms with Gasteiger partial charge in [0.15, 0.2) is 0 Å². The van der Waals surface area contributed by atoms with E-state index in [1.807, 2.05) is 6.07 Å². The van der Waals surface area contributed by atoms with E-state index in [2.05, 4.69) is 10.4 Å². The lowest BCUT2D eigenvalue weighted by molar-refractivity contribution is 0.553. The van der Waals surface area contributed by atoms with Crippen LogP contribution in [0.5, 0.6) is 0 Å². The quantitative estimate of drug-likeness (QED) is 0.651. The third-order valence-corrected chi connectivity index (χ3v) is 2.66. The lowest BCUT2D eigenvalue weighted by Crippen LogP contribution is -2.30. The standard InChI is InChI=1S/C12H11ClFN3/c13-8-4-5-9(10(14)7-8)12(17-15)11-3-1-2-6-16-11/h1-7,12,17H,15H2. The summed E-state index contributed by atoms with van der Waals surface area (Å²) in [5.41, 5.74) is 3.61. The number of hydrogen-bond donors (Lipinski definition) is 2. The van der Waals surface area contributed by atoms with Crippen LogP contribution >= 0.6 is 11.6 Å². The number of nitrogens with two attached hydrogens (primary N) is 1. The molecule has 0 radical (unpaired) electrons.